The second-order valence-corrected chi connectivity index (χ2v) is 7.37. The summed E-state index contributed by atoms with van der Waals surface area (Å²) in [5.74, 6) is -1.09. The molecule has 0 aliphatic carbocycles. The van der Waals surface area contributed by atoms with E-state index >= 15 is 0 Å². The van der Waals surface area contributed by atoms with Crippen molar-refractivity contribution in [2.45, 2.75) is 17.6 Å². The number of aromatic nitrogens is 1. The molecule has 0 radical (unpaired) electrons. The van der Waals surface area contributed by atoms with Crippen LogP contribution >= 0.6 is 27.5 Å². The van der Waals surface area contributed by atoms with Crippen LogP contribution in [0.5, 0.6) is 0 Å². The largest absolute Gasteiger partial charge is 0.256 e. The predicted molar refractivity (Wildman–Crippen MR) is 79.0 cm³/mol. The average molecular weight is 379 g/mol. The molecule has 0 fully saturated rings. The molecule has 1 heterocycles. The third-order valence-corrected chi connectivity index (χ3v) is 5.69. The Bertz CT molecular complexity index is 765. The van der Waals surface area contributed by atoms with E-state index in [-0.39, 0.29) is 15.7 Å². The van der Waals surface area contributed by atoms with Crippen LogP contribution in [0.4, 0.5) is 4.39 Å². The number of pyridine rings is 1. The summed E-state index contributed by atoms with van der Waals surface area (Å²) in [5.41, 5.74) is 1.06. The Balaban J connectivity index is 2.41. The molecule has 20 heavy (non-hydrogen) atoms. The van der Waals surface area contributed by atoms with Crippen molar-refractivity contribution >= 4 is 37.4 Å². The summed E-state index contributed by atoms with van der Waals surface area (Å²) in [7, 11) is -3.75. The second kappa shape index (κ2) is 5.79. The third kappa shape index (κ3) is 3.19. The van der Waals surface area contributed by atoms with Crippen LogP contribution in [0.3, 0.4) is 0 Å². The van der Waals surface area contributed by atoms with Gasteiger partial charge in [-0.1, -0.05) is 17.7 Å². The fourth-order valence-corrected chi connectivity index (χ4v) is 3.73. The molecule has 7 heteroatoms. The van der Waals surface area contributed by atoms with Gasteiger partial charge in [0.15, 0.2) is 9.84 Å². The van der Waals surface area contributed by atoms with Crippen LogP contribution in [0.1, 0.15) is 11.4 Å². The maximum absolute atomic E-state index is 13.3. The van der Waals surface area contributed by atoms with Crippen molar-refractivity contribution < 1.29 is 12.8 Å². The van der Waals surface area contributed by atoms with Gasteiger partial charge in [-0.3, -0.25) is 4.98 Å². The normalized spacial score (nSPS) is 11.6. The molecular formula is C13H10BrClFNO2S. The van der Waals surface area contributed by atoms with Crippen molar-refractivity contribution in [2.75, 3.05) is 0 Å². The van der Waals surface area contributed by atoms with Crippen LogP contribution in [0, 0.1) is 12.7 Å². The quantitative estimate of drug-likeness (QED) is 0.813. The molecule has 0 saturated carbocycles. The zero-order chi connectivity index (χ0) is 14.9. The zero-order valence-corrected chi connectivity index (χ0v) is 13.6. The molecule has 0 atom stereocenters. The Kier molecular flexibility index (Phi) is 4.46. The fraction of sp³-hybridized carbons (Fsp3) is 0.154. The molecule has 0 amide bonds. The number of nitrogens with zero attached hydrogens (tertiary/aromatic N) is 1. The maximum atomic E-state index is 13.3. The number of aryl methyl sites for hydroxylation is 1. The monoisotopic (exact) mass is 377 g/mol. The highest BCUT2D eigenvalue weighted by Gasteiger charge is 2.21. The lowest BCUT2D eigenvalue weighted by atomic mass is 10.3. The first-order chi connectivity index (χ1) is 9.31. The standard InChI is InChI=1S/C13H10BrClFNO2S/c1-8-10(14)6-5-9(17-8)7-20(18,19)12-4-2-3-11(16)13(12)15/h2-6H,7H2,1H3. The van der Waals surface area contributed by atoms with Crippen molar-refractivity contribution in [2.24, 2.45) is 0 Å². The van der Waals surface area contributed by atoms with Gasteiger partial charge in [0.25, 0.3) is 0 Å². The van der Waals surface area contributed by atoms with Crippen LogP contribution in [-0.4, -0.2) is 13.4 Å². The first-order valence-electron chi connectivity index (χ1n) is 5.60. The smallest absolute Gasteiger partial charge is 0.185 e. The van der Waals surface area contributed by atoms with E-state index in [1.807, 2.05) is 0 Å². The van der Waals surface area contributed by atoms with E-state index in [4.69, 9.17) is 11.6 Å². The molecule has 0 saturated heterocycles. The van der Waals surface area contributed by atoms with Crippen molar-refractivity contribution in [1.82, 2.24) is 4.98 Å². The number of hydrogen-bond acceptors (Lipinski definition) is 3. The highest BCUT2D eigenvalue weighted by atomic mass is 79.9. The van der Waals surface area contributed by atoms with E-state index in [0.29, 0.717) is 11.4 Å². The van der Waals surface area contributed by atoms with Gasteiger partial charge in [-0.05, 0) is 47.1 Å². The highest BCUT2D eigenvalue weighted by Crippen LogP contribution is 2.27. The van der Waals surface area contributed by atoms with Gasteiger partial charge < -0.3 is 0 Å². The number of sulfone groups is 1. The summed E-state index contributed by atoms with van der Waals surface area (Å²) in [6.07, 6.45) is 0. The molecular weight excluding hydrogens is 369 g/mol. The van der Waals surface area contributed by atoms with Gasteiger partial charge in [-0.15, -0.1) is 0 Å². The van der Waals surface area contributed by atoms with Crippen molar-refractivity contribution in [3.05, 3.63) is 57.0 Å². The van der Waals surface area contributed by atoms with Gasteiger partial charge in [0, 0.05) is 4.47 Å². The number of rotatable bonds is 3. The number of benzene rings is 1. The Morgan fingerprint density at radius 3 is 2.65 bits per heavy atom. The van der Waals surface area contributed by atoms with Gasteiger partial charge >= 0.3 is 0 Å². The first kappa shape index (κ1) is 15.4. The van der Waals surface area contributed by atoms with Gasteiger partial charge in [0.1, 0.15) is 5.82 Å². The molecule has 0 spiro atoms. The fourth-order valence-electron chi connectivity index (χ4n) is 1.67. The summed E-state index contributed by atoms with van der Waals surface area (Å²) >= 11 is 9.01. The molecule has 0 unspecified atom stereocenters. The van der Waals surface area contributed by atoms with Gasteiger partial charge in [-0.25, -0.2) is 12.8 Å². The topological polar surface area (TPSA) is 47.0 Å². The molecule has 0 aliphatic rings. The summed E-state index contributed by atoms with van der Waals surface area (Å²) in [4.78, 5) is 3.95. The number of halogens is 3. The minimum absolute atomic E-state index is 0.221. The van der Waals surface area contributed by atoms with Crippen molar-refractivity contribution in [1.29, 1.82) is 0 Å². The molecule has 0 N–H and O–H groups in total. The first-order valence-corrected chi connectivity index (χ1v) is 8.42. The maximum Gasteiger partial charge on any atom is 0.185 e. The molecule has 2 rings (SSSR count). The Hall–Kier alpha value is -0.980. The molecule has 3 nitrogen and oxygen atoms in total. The lowest BCUT2D eigenvalue weighted by Gasteiger charge is -2.08. The van der Waals surface area contributed by atoms with E-state index < -0.39 is 15.7 Å². The summed E-state index contributed by atoms with van der Waals surface area (Å²) < 4.78 is 38.7. The summed E-state index contributed by atoms with van der Waals surface area (Å²) in [6, 6.07) is 7.03. The summed E-state index contributed by atoms with van der Waals surface area (Å²) in [5, 5.41) is -0.388. The van der Waals surface area contributed by atoms with Crippen LogP contribution in [-0.2, 0) is 15.6 Å². The molecule has 1 aromatic carbocycles. The lowest BCUT2D eigenvalue weighted by Crippen LogP contribution is -2.08. The third-order valence-electron chi connectivity index (χ3n) is 2.67. The molecule has 0 bridgehead atoms. The van der Waals surface area contributed by atoms with Gasteiger partial charge in [0.05, 0.1) is 27.1 Å². The van der Waals surface area contributed by atoms with Crippen LogP contribution in [0.25, 0.3) is 0 Å². The molecule has 106 valence electrons. The minimum Gasteiger partial charge on any atom is -0.256 e. The van der Waals surface area contributed by atoms with Crippen LogP contribution in [0.2, 0.25) is 5.02 Å². The Morgan fingerprint density at radius 2 is 2.00 bits per heavy atom. The van der Waals surface area contributed by atoms with Gasteiger partial charge in [0.2, 0.25) is 0 Å². The van der Waals surface area contributed by atoms with Crippen molar-refractivity contribution in [3.63, 3.8) is 0 Å². The Morgan fingerprint density at radius 1 is 1.30 bits per heavy atom. The SMILES string of the molecule is Cc1nc(CS(=O)(=O)c2cccc(F)c2Cl)ccc1Br. The van der Waals surface area contributed by atoms with Crippen LogP contribution in [0.15, 0.2) is 39.7 Å². The average Bonchev–Trinajstić information content (AvgIpc) is 2.36. The Labute approximate surface area is 129 Å². The van der Waals surface area contributed by atoms with Crippen LogP contribution < -0.4 is 0 Å². The predicted octanol–water partition coefficient (Wildman–Crippen LogP) is 3.92. The van der Waals surface area contributed by atoms with E-state index in [1.165, 1.54) is 12.1 Å². The zero-order valence-electron chi connectivity index (χ0n) is 10.4. The molecule has 0 aliphatic heterocycles. The van der Waals surface area contributed by atoms with E-state index in [1.54, 1.807) is 19.1 Å². The van der Waals surface area contributed by atoms with Crippen molar-refractivity contribution in [3.8, 4) is 0 Å². The minimum atomic E-state index is -3.75. The van der Waals surface area contributed by atoms with Gasteiger partial charge in [-0.2, -0.15) is 0 Å². The highest BCUT2D eigenvalue weighted by molar-refractivity contribution is 9.10. The van der Waals surface area contributed by atoms with E-state index in [9.17, 15) is 12.8 Å². The lowest BCUT2D eigenvalue weighted by molar-refractivity contribution is 0.589. The summed E-state index contributed by atoms with van der Waals surface area (Å²) in [6.45, 7) is 1.76. The molecule has 1 aromatic heterocycles. The second-order valence-electron chi connectivity index (χ2n) is 4.18. The van der Waals surface area contributed by atoms with E-state index in [2.05, 4.69) is 20.9 Å². The van der Waals surface area contributed by atoms with E-state index in [0.717, 1.165) is 10.5 Å². The molecule has 2 aromatic rings. The number of hydrogen-bond donors (Lipinski definition) is 0.